The van der Waals surface area contributed by atoms with Crippen LogP contribution in [-0.2, 0) is 19.5 Å². The molecule has 0 bridgehead atoms. The molecule has 0 nitrogen and oxygen atoms in total. The van der Waals surface area contributed by atoms with E-state index < -0.39 is 0 Å². The maximum absolute atomic E-state index is 2.91. The molecule has 1 unspecified atom stereocenters. The molecule has 0 aromatic carbocycles. The molecule has 0 spiro atoms. The summed E-state index contributed by atoms with van der Waals surface area (Å²) in [5, 5.41) is 0. The minimum Gasteiger partial charge on any atom is -0.134 e. The van der Waals surface area contributed by atoms with Crippen molar-refractivity contribution in [2.45, 2.75) is 37.8 Å². The first kappa shape index (κ1) is 9.05. The number of hydrogen-bond acceptors (Lipinski definition) is 0. The fourth-order valence-electron chi connectivity index (χ4n) is 1.13. The summed E-state index contributed by atoms with van der Waals surface area (Å²) in [6.07, 6.45) is 7.31. The second-order valence-electron chi connectivity index (χ2n) is 2.40. The molecular weight excluding hydrogens is 204 g/mol. The van der Waals surface area contributed by atoms with Crippen molar-refractivity contribution >= 4 is 9.24 Å². The van der Waals surface area contributed by atoms with Crippen LogP contribution >= 0.6 is 9.24 Å². The summed E-state index contributed by atoms with van der Waals surface area (Å²) in [5.74, 6) is 0. The second kappa shape index (κ2) is 4.89. The molecule has 8 heavy (non-hydrogen) atoms. The normalized spacial score (nSPS) is 22.1. The van der Waals surface area contributed by atoms with E-state index in [1.807, 2.05) is 0 Å². The Balaban J connectivity index is 0.000000490. The first-order valence-corrected chi connectivity index (χ1v) is 3.82. The zero-order valence-corrected chi connectivity index (χ0v) is 7.94. The summed E-state index contributed by atoms with van der Waals surface area (Å²) in [5.41, 5.74) is 0.953. The molecule has 1 saturated carbocycles. The third-order valence-corrected chi connectivity index (χ3v) is 2.32. The van der Waals surface area contributed by atoms with Gasteiger partial charge in [-0.15, -0.1) is 9.24 Å². The quantitative estimate of drug-likeness (QED) is 0.431. The third-order valence-electron chi connectivity index (χ3n) is 1.65. The van der Waals surface area contributed by atoms with Crippen molar-refractivity contribution in [3.63, 3.8) is 0 Å². The summed E-state index contributed by atoms with van der Waals surface area (Å²) in [4.78, 5) is 0. The van der Waals surface area contributed by atoms with Gasteiger partial charge in [-0.25, -0.2) is 0 Å². The average Bonchev–Trinajstić information content (AvgIpc) is 1.69. The Morgan fingerprint density at radius 1 is 1.00 bits per heavy atom. The summed E-state index contributed by atoms with van der Waals surface area (Å²) in [7, 11) is 2.91. The van der Waals surface area contributed by atoms with Crippen LogP contribution in [-0.4, -0.2) is 5.66 Å². The molecule has 1 aliphatic rings. The van der Waals surface area contributed by atoms with Crippen molar-refractivity contribution in [2.75, 3.05) is 0 Å². The zero-order chi connectivity index (χ0) is 5.11. The smallest absolute Gasteiger partial charge is 0 e. The van der Waals surface area contributed by atoms with Gasteiger partial charge >= 0.3 is 0 Å². The van der Waals surface area contributed by atoms with Crippen LogP contribution in [0.5, 0.6) is 0 Å². The van der Waals surface area contributed by atoms with Gasteiger partial charge in [0, 0.05) is 19.5 Å². The van der Waals surface area contributed by atoms with Gasteiger partial charge in [-0.3, -0.25) is 0 Å². The van der Waals surface area contributed by atoms with E-state index in [0.717, 1.165) is 5.66 Å². The molecule has 1 fully saturated rings. The SMILES string of the molecule is PC1CCCCC1.[Ru]. The van der Waals surface area contributed by atoms with Gasteiger partial charge in [0.2, 0.25) is 0 Å². The van der Waals surface area contributed by atoms with Crippen molar-refractivity contribution in [3.05, 3.63) is 0 Å². The van der Waals surface area contributed by atoms with Gasteiger partial charge in [0.25, 0.3) is 0 Å². The van der Waals surface area contributed by atoms with E-state index in [4.69, 9.17) is 0 Å². The van der Waals surface area contributed by atoms with E-state index in [-0.39, 0.29) is 19.5 Å². The van der Waals surface area contributed by atoms with Gasteiger partial charge in [-0.2, -0.15) is 0 Å². The van der Waals surface area contributed by atoms with Crippen molar-refractivity contribution in [3.8, 4) is 0 Å². The molecule has 2 heteroatoms. The maximum atomic E-state index is 2.91. The van der Waals surface area contributed by atoms with E-state index in [9.17, 15) is 0 Å². The molecule has 0 aromatic rings. The molecule has 0 amide bonds. The van der Waals surface area contributed by atoms with Crippen LogP contribution < -0.4 is 0 Å². The monoisotopic (exact) mass is 218 g/mol. The first-order valence-electron chi connectivity index (χ1n) is 3.15. The Morgan fingerprint density at radius 3 is 1.75 bits per heavy atom. The van der Waals surface area contributed by atoms with Crippen molar-refractivity contribution in [1.29, 1.82) is 0 Å². The Hall–Kier alpha value is 1.05. The number of rotatable bonds is 0. The fraction of sp³-hybridized carbons (Fsp3) is 1.00. The van der Waals surface area contributed by atoms with Crippen LogP contribution in [0.15, 0.2) is 0 Å². The van der Waals surface area contributed by atoms with Gasteiger partial charge in [0.05, 0.1) is 0 Å². The third kappa shape index (κ3) is 3.15. The zero-order valence-electron chi connectivity index (χ0n) is 5.04. The molecule has 0 N–H and O–H groups in total. The van der Waals surface area contributed by atoms with Gasteiger partial charge in [-0.05, 0) is 18.5 Å². The van der Waals surface area contributed by atoms with Crippen LogP contribution in [0.2, 0.25) is 0 Å². The Bertz CT molecular complexity index is 50.5. The van der Waals surface area contributed by atoms with E-state index in [0.29, 0.717) is 0 Å². The van der Waals surface area contributed by atoms with Gasteiger partial charge in [0.1, 0.15) is 0 Å². The van der Waals surface area contributed by atoms with E-state index >= 15 is 0 Å². The van der Waals surface area contributed by atoms with Crippen LogP contribution in [0.4, 0.5) is 0 Å². The summed E-state index contributed by atoms with van der Waals surface area (Å²) in [6.45, 7) is 0. The van der Waals surface area contributed by atoms with Crippen molar-refractivity contribution in [1.82, 2.24) is 0 Å². The van der Waals surface area contributed by atoms with Crippen LogP contribution in [0.3, 0.4) is 0 Å². The standard InChI is InChI=1S/C6H13P.Ru/c7-6-4-2-1-3-5-6;/h6H,1-5,7H2;. The van der Waals surface area contributed by atoms with Gasteiger partial charge in [0.15, 0.2) is 0 Å². The molecule has 0 heterocycles. The average molecular weight is 217 g/mol. The minimum atomic E-state index is 0. The fourth-order valence-corrected chi connectivity index (χ4v) is 1.61. The van der Waals surface area contributed by atoms with E-state index in [1.54, 1.807) is 0 Å². The van der Waals surface area contributed by atoms with Gasteiger partial charge < -0.3 is 0 Å². The predicted molar refractivity (Wildman–Crippen MR) is 36.6 cm³/mol. The Kier molecular flexibility index (Phi) is 5.53. The molecule has 1 atom stereocenters. The van der Waals surface area contributed by atoms with Crippen molar-refractivity contribution < 1.29 is 19.5 Å². The van der Waals surface area contributed by atoms with Crippen LogP contribution in [0.25, 0.3) is 0 Å². The number of hydrogen-bond donors (Lipinski definition) is 0. The first-order chi connectivity index (χ1) is 3.39. The molecule has 0 aliphatic heterocycles. The van der Waals surface area contributed by atoms with E-state index in [2.05, 4.69) is 9.24 Å². The van der Waals surface area contributed by atoms with Crippen LogP contribution in [0, 0.1) is 0 Å². The topological polar surface area (TPSA) is 0 Å². The molecule has 1 rings (SSSR count). The Labute approximate surface area is 66.8 Å². The molecule has 50 valence electrons. The largest absolute Gasteiger partial charge is 0.134 e. The van der Waals surface area contributed by atoms with Crippen molar-refractivity contribution in [2.24, 2.45) is 0 Å². The van der Waals surface area contributed by atoms with Gasteiger partial charge in [-0.1, -0.05) is 19.3 Å². The minimum absolute atomic E-state index is 0. The summed E-state index contributed by atoms with van der Waals surface area (Å²) < 4.78 is 0. The second-order valence-corrected chi connectivity index (χ2v) is 3.34. The molecule has 0 aromatic heterocycles. The Morgan fingerprint density at radius 2 is 1.50 bits per heavy atom. The molecule has 0 radical (unpaired) electrons. The summed E-state index contributed by atoms with van der Waals surface area (Å²) >= 11 is 0. The molecular formula is C6H13PRu. The molecule has 1 aliphatic carbocycles. The summed E-state index contributed by atoms with van der Waals surface area (Å²) in [6, 6.07) is 0. The molecule has 0 saturated heterocycles. The van der Waals surface area contributed by atoms with E-state index in [1.165, 1.54) is 32.1 Å². The van der Waals surface area contributed by atoms with Crippen LogP contribution in [0.1, 0.15) is 32.1 Å². The predicted octanol–water partition coefficient (Wildman–Crippen LogP) is 2.19. The maximum Gasteiger partial charge on any atom is 0 e.